The second-order valence-corrected chi connectivity index (χ2v) is 41.1. The molecule has 1 aromatic carbocycles. The molecule has 21 N–H and O–H groups in total. The van der Waals surface area contributed by atoms with Gasteiger partial charge in [-0.15, -0.1) is 0 Å². The lowest BCUT2D eigenvalue weighted by Gasteiger charge is -2.26. The Morgan fingerprint density at radius 3 is 1.54 bits per heavy atom. The van der Waals surface area contributed by atoms with Gasteiger partial charge in [0.2, 0.25) is 29.6 Å². The Labute approximate surface area is 863 Å². The van der Waals surface area contributed by atoms with Gasteiger partial charge >= 0.3 is 40.8 Å². The number of aliphatic carboxylic acids is 1. The molecular weight excluding hydrogens is 2020 g/mol. The summed E-state index contributed by atoms with van der Waals surface area (Å²) in [6.45, 7) is -2.35. The summed E-state index contributed by atoms with van der Waals surface area (Å²) < 4.78 is 113. The monoisotopic (exact) mass is 2160 g/mol. The number of anilines is 3. The summed E-state index contributed by atoms with van der Waals surface area (Å²) in [7, 11) is -12.7. The molecule has 4 aliphatic heterocycles. The molecule has 53 heteroatoms. The number of aliphatic hydroxyl groups excluding tert-OH is 5. The highest BCUT2D eigenvalue weighted by Gasteiger charge is 2.50. The second-order valence-electron chi connectivity index (χ2n) is 36.9. The minimum absolute atomic E-state index is 0.00278. The van der Waals surface area contributed by atoms with E-state index >= 15 is 0 Å². The van der Waals surface area contributed by atoms with E-state index in [4.69, 9.17) is 68.0 Å². The number of nitrogens with one attached hydrogen (secondary N) is 6. The number of likely N-dealkylation sites (N-methyl/N-ethyl adjacent to an activating group) is 1. The summed E-state index contributed by atoms with van der Waals surface area (Å²) in [5.41, 5.74) is 15.7. The third-order valence-corrected chi connectivity index (χ3v) is 28.6. The molecule has 7 aromatic rings. The maximum Gasteiger partial charge on any atom is 0.472 e. The van der Waals surface area contributed by atoms with Crippen molar-refractivity contribution in [2.75, 3.05) is 117 Å². The van der Waals surface area contributed by atoms with Crippen molar-refractivity contribution < 1.29 is 134 Å². The fourth-order valence-corrected chi connectivity index (χ4v) is 20.8. The number of H-pyrrole nitrogens is 2. The number of rotatable bonds is 59. The molecular formula is C97H135N18O32P3. The number of amides is 4. The Balaban J connectivity index is 0.689. The number of carboxylic acid groups (broad SMARTS) is 1. The van der Waals surface area contributed by atoms with E-state index < -0.39 is 215 Å². The normalized spacial score (nSPS) is 21.3. The minimum Gasteiger partial charge on any atom is -0.480 e. The van der Waals surface area contributed by atoms with Crippen molar-refractivity contribution in [2.24, 2.45) is 17.8 Å². The Morgan fingerprint density at radius 2 is 0.987 bits per heavy atom. The smallest absolute Gasteiger partial charge is 0.472 e. The van der Waals surface area contributed by atoms with Crippen molar-refractivity contribution >= 4 is 92.7 Å². The Morgan fingerprint density at radius 1 is 0.513 bits per heavy atom. The van der Waals surface area contributed by atoms with E-state index in [1.807, 2.05) is 56.3 Å². The quantitative estimate of drug-likeness (QED) is 0.0146. The molecule has 0 radical (unpaired) electrons. The van der Waals surface area contributed by atoms with Crippen LogP contribution in [0.2, 0.25) is 0 Å². The zero-order valence-electron chi connectivity index (χ0n) is 83.7. The van der Waals surface area contributed by atoms with E-state index in [1.165, 1.54) is 21.5 Å². The fraction of sp³-hybridized carbons (Fsp3) is 0.598. The van der Waals surface area contributed by atoms with Crippen LogP contribution < -0.4 is 61.0 Å². The number of nitrogens with two attached hydrogens (primary N) is 3. The van der Waals surface area contributed by atoms with E-state index in [-0.39, 0.29) is 138 Å². The fourth-order valence-electron chi connectivity index (χ4n) is 17.9. The highest BCUT2D eigenvalue weighted by molar-refractivity contribution is 7.48. The predicted octanol–water partition coefficient (Wildman–Crippen LogP) is 3.89. The van der Waals surface area contributed by atoms with Gasteiger partial charge < -0.3 is 122 Å². The number of hydrogen-bond donors (Lipinski definition) is 18. The zero-order chi connectivity index (χ0) is 108. The molecule has 4 amide bonds. The number of benzene rings is 1. The first-order chi connectivity index (χ1) is 72.0. The number of unbranched alkanes of at least 4 members (excludes halogenated alkanes) is 15. The molecule has 0 bridgehead atoms. The lowest BCUT2D eigenvalue weighted by Crippen LogP contribution is -2.41. The molecule has 10 unspecified atom stereocenters. The number of nitrogens with zero attached hydrogens (tertiary/aromatic N) is 9. The maximum atomic E-state index is 14.7. The number of carbonyl (C=O) groups is 5. The Kier molecular flexibility index (Phi) is 46.8. The Hall–Kier alpha value is -11.3. The summed E-state index contributed by atoms with van der Waals surface area (Å²) in [6, 6.07) is 9.37. The lowest BCUT2D eigenvalue weighted by molar-refractivity contribution is -0.139. The van der Waals surface area contributed by atoms with Crippen LogP contribution in [0.1, 0.15) is 227 Å². The van der Waals surface area contributed by atoms with Crippen molar-refractivity contribution in [1.29, 1.82) is 0 Å². The molecule has 820 valence electrons. The van der Waals surface area contributed by atoms with Gasteiger partial charge in [-0.1, -0.05) is 181 Å². The molecule has 18 atom stereocenters. The van der Waals surface area contributed by atoms with Gasteiger partial charge in [0.25, 0.3) is 11.1 Å². The first-order valence-electron chi connectivity index (χ1n) is 50.0. The van der Waals surface area contributed by atoms with Gasteiger partial charge in [-0.05, 0) is 58.2 Å². The highest BCUT2D eigenvalue weighted by Crippen LogP contribution is 2.55. The number of phosphoric acid groups is 3. The van der Waals surface area contributed by atoms with Gasteiger partial charge in [0.1, 0.15) is 130 Å². The molecule has 150 heavy (non-hydrogen) atoms. The van der Waals surface area contributed by atoms with E-state index in [0.717, 1.165) is 130 Å². The number of fused-ring (bicyclic) bond motifs is 2. The van der Waals surface area contributed by atoms with Crippen molar-refractivity contribution in [3.8, 4) is 47.4 Å². The van der Waals surface area contributed by atoms with E-state index in [0.29, 0.717) is 38.9 Å². The highest BCUT2D eigenvalue weighted by atomic mass is 31.2. The largest absolute Gasteiger partial charge is 0.480 e. The van der Waals surface area contributed by atoms with Crippen LogP contribution in [0.5, 0.6) is 0 Å². The molecule has 4 fully saturated rings. The van der Waals surface area contributed by atoms with Crippen molar-refractivity contribution in [1.82, 2.24) is 74.3 Å². The maximum absolute atomic E-state index is 14.7. The molecule has 4 saturated heterocycles. The molecule has 10 heterocycles. The van der Waals surface area contributed by atoms with Gasteiger partial charge in [-0.25, -0.2) is 33.3 Å². The topological polar surface area (TPSA) is 721 Å². The molecule has 0 spiro atoms. The van der Waals surface area contributed by atoms with E-state index in [2.05, 4.69) is 98.5 Å². The number of aliphatic hydroxyl groups is 5. The average molecular weight is 2160 g/mol. The molecule has 11 rings (SSSR count). The number of nitrogen functional groups attached to an aromatic ring is 3. The van der Waals surface area contributed by atoms with Crippen LogP contribution >= 0.6 is 23.5 Å². The van der Waals surface area contributed by atoms with Crippen LogP contribution in [0.4, 0.5) is 17.6 Å². The standard InChI is InChI=1S/C97H135N18O32P3/c1-4-5-37-101-78(121)36-35-64(91(125)103-51-62-28-20-19-21-29-62)46-69(92(126)102-38-39-111(2)3)45-63(90(124)104-52-83(122)123)30-22-17-15-13-11-9-7-6-8-10-12-14-16-18-23-44-137-57-75-71(48-81(142-75)113-54-66(32-25-41-117)85-89(113)108-95(100)109-94(85)128)145-149(133,134)139-59-76-72(49-80(143-76)112-53-65(31-24-40-116)84-87(99)105-61-106-88(84)112)146-150(135,136)140-60-77-73(50-82(144-77)114-55-67(33-26-42-118)86(98)107-96(114)129)147-148(131,132)138-58-74-70(120)47-79(141-74)115-56-68(34-27-43-119)93(127)110-97(115)130/h19-21,28-29,53-56,61,63-64,69-77,79-82,116-120H,4-18,22-23,30,35-52,57-60H2,1-3H3,(H,101,121)(H,102,126)(H,103,125)(H,104,124)(H,122,123)(H,131,132)(H,133,134)(H,135,136)(H2,98,107,129)(H2,99,105,106)(H,110,127,130)(H3,100,108,109,128)/t63?,64?,69?,70?,71?,72?,73?,74-,75-,76-,77-,79-,80-,81-,82-/m1/s1. The number of hydrogen-bond acceptors (Lipinski definition) is 36. The van der Waals surface area contributed by atoms with Crippen LogP contribution in [0.25, 0.3) is 22.1 Å². The Bertz CT molecular complexity index is 6380. The minimum atomic E-state index is -5.59. The number of carboxylic acids is 1. The van der Waals surface area contributed by atoms with Gasteiger partial charge in [0, 0.05) is 107 Å². The van der Waals surface area contributed by atoms with Crippen LogP contribution in [0.3, 0.4) is 0 Å². The first kappa shape index (κ1) is 119. The number of phosphoric ester groups is 3. The summed E-state index contributed by atoms with van der Waals surface area (Å²) in [4.78, 5) is 177. The summed E-state index contributed by atoms with van der Waals surface area (Å²) in [5, 5.41) is 70.3. The van der Waals surface area contributed by atoms with Crippen LogP contribution in [-0.4, -0.2) is 277 Å². The molecule has 0 saturated carbocycles. The van der Waals surface area contributed by atoms with Gasteiger partial charge in [-0.2, -0.15) is 9.97 Å². The third kappa shape index (κ3) is 36.2. The van der Waals surface area contributed by atoms with Crippen molar-refractivity contribution in [3.05, 3.63) is 131 Å². The van der Waals surface area contributed by atoms with Crippen LogP contribution in [-0.2, 0) is 95.0 Å². The lowest BCUT2D eigenvalue weighted by atomic mass is 9.82. The summed E-state index contributed by atoms with van der Waals surface area (Å²) in [6.07, 6.45) is 3.47. The number of carbonyl (C=O) groups excluding carboxylic acids is 4. The molecule has 0 aliphatic carbocycles. The molecule has 50 nitrogen and oxygen atoms in total. The molecule has 6 aromatic heterocycles. The number of ether oxygens (including phenoxy) is 5. The average Bonchev–Trinajstić information content (AvgIpc) is 1.60. The van der Waals surface area contributed by atoms with E-state index in [9.17, 15) is 102 Å². The first-order valence-corrected chi connectivity index (χ1v) is 54.5. The van der Waals surface area contributed by atoms with E-state index in [1.54, 1.807) is 0 Å². The number of aromatic amines is 2. The van der Waals surface area contributed by atoms with Crippen LogP contribution in [0, 0.1) is 65.1 Å². The van der Waals surface area contributed by atoms with Crippen molar-refractivity contribution in [3.63, 3.8) is 0 Å². The van der Waals surface area contributed by atoms with Crippen LogP contribution in [0.15, 0.2) is 80.6 Å². The third-order valence-electron chi connectivity index (χ3n) is 25.5. The SMILES string of the molecule is CCCCNC(=O)CCC(CC(CC(CCCCCCCCCCCCCCCCCOC[C@H]1O[C@@H](n2cc(C#CCO)c3c(=O)[nH]c(N)nc32)CC1OP(=O)(O)OC[C@H]1O[C@@H](n2cc(C#CCO)c3c(N)ncnc32)CC1OP(=O)(O)OC[C@H]1O[C@@H](n2cc(C#CCO)c(N)nc2=O)CC1OP(=O)(O)OC[C@H]1O[C@@H](n2cc(C#CCO)c(=O)[nH]c2=O)CC1O)C(=O)NCC(=O)O)C(=O)NCCN(C)C)C(=O)NCc1ccccc1. The second kappa shape index (κ2) is 59.1. The zero-order valence-corrected chi connectivity index (χ0v) is 86.4. The summed E-state index contributed by atoms with van der Waals surface area (Å²) >= 11 is 0. The predicted molar refractivity (Wildman–Crippen MR) is 541 cm³/mol. The van der Waals surface area contributed by atoms with Crippen molar-refractivity contribution in [2.45, 2.75) is 254 Å². The van der Waals surface area contributed by atoms with Gasteiger partial charge in [-0.3, -0.25) is 79.8 Å². The number of aromatic nitrogens is 10. The van der Waals surface area contributed by atoms with Gasteiger partial charge in [0.15, 0.2) is 5.65 Å². The van der Waals surface area contributed by atoms with Gasteiger partial charge in [0.05, 0.1) is 60.0 Å². The molecule has 4 aliphatic rings. The summed E-state index contributed by atoms with van der Waals surface area (Å²) in [5.74, 6) is 14.7.